The Labute approximate surface area is 265 Å². The third kappa shape index (κ3) is 8.11. The van der Waals surface area contributed by atoms with E-state index in [1.54, 1.807) is 43.3 Å². The number of aryl methyl sites for hydroxylation is 3. The summed E-state index contributed by atoms with van der Waals surface area (Å²) in [6, 6.07) is 16.1. The molecule has 2 amide bonds. The number of nitrogens with one attached hydrogen (secondary N) is 1. The maximum atomic E-state index is 14.2. The molecule has 0 spiro atoms. The van der Waals surface area contributed by atoms with Crippen LogP contribution in [0.2, 0.25) is 10.0 Å². The molecule has 43 heavy (non-hydrogen) atoms. The molecular weight excluding hydrogens is 605 g/mol. The SMILES string of the molecule is Cc1ccc(S(=O)(=O)N(CC(=O)N(Cc2ccc(Cl)cc2Cl)C(C)C(=O)NC2CCCCC2)c2ccc(C)cc2C)cc1. The van der Waals surface area contributed by atoms with Gasteiger partial charge in [-0.1, -0.05) is 83.9 Å². The number of anilines is 1. The zero-order valence-electron chi connectivity index (χ0n) is 25.1. The molecule has 7 nitrogen and oxygen atoms in total. The van der Waals surface area contributed by atoms with Crippen LogP contribution in [0, 0.1) is 20.8 Å². The van der Waals surface area contributed by atoms with E-state index in [0.717, 1.165) is 47.5 Å². The average molecular weight is 645 g/mol. The van der Waals surface area contributed by atoms with Crippen LogP contribution < -0.4 is 9.62 Å². The van der Waals surface area contributed by atoms with Gasteiger partial charge in [-0.2, -0.15) is 0 Å². The second-order valence-corrected chi connectivity index (χ2v) is 14.1. The molecule has 1 fully saturated rings. The van der Waals surface area contributed by atoms with Crippen molar-refractivity contribution in [3.8, 4) is 0 Å². The van der Waals surface area contributed by atoms with E-state index in [2.05, 4.69) is 5.32 Å². The number of carbonyl (C=O) groups is 2. The highest BCUT2D eigenvalue weighted by molar-refractivity contribution is 7.92. The molecule has 0 aromatic heterocycles. The molecule has 0 bridgehead atoms. The Hall–Kier alpha value is -3.07. The summed E-state index contributed by atoms with van der Waals surface area (Å²) in [6.45, 7) is 6.77. The van der Waals surface area contributed by atoms with Crippen LogP contribution in [-0.4, -0.2) is 43.8 Å². The molecule has 0 aliphatic heterocycles. The van der Waals surface area contributed by atoms with E-state index in [1.807, 2.05) is 32.9 Å². The Kier molecular flexibility index (Phi) is 10.8. The zero-order chi connectivity index (χ0) is 31.3. The Morgan fingerprint density at radius 2 is 1.56 bits per heavy atom. The molecule has 10 heteroatoms. The van der Waals surface area contributed by atoms with E-state index < -0.39 is 28.5 Å². The maximum absolute atomic E-state index is 14.2. The molecule has 1 saturated carbocycles. The van der Waals surface area contributed by atoms with Gasteiger partial charge in [-0.25, -0.2) is 8.42 Å². The molecule has 1 unspecified atom stereocenters. The highest BCUT2D eigenvalue weighted by atomic mass is 35.5. The quantitative estimate of drug-likeness (QED) is 0.258. The smallest absolute Gasteiger partial charge is 0.264 e. The number of amides is 2. The predicted molar refractivity (Wildman–Crippen MR) is 173 cm³/mol. The minimum Gasteiger partial charge on any atom is -0.352 e. The van der Waals surface area contributed by atoms with Crippen LogP contribution in [0.25, 0.3) is 0 Å². The minimum absolute atomic E-state index is 0.000607. The van der Waals surface area contributed by atoms with Crippen molar-refractivity contribution in [3.63, 3.8) is 0 Å². The first-order valence-corrected chi connectivity index (χ1v) is 16.8. The molecule has 4 rings (SSSR count). The molecule has 0 saturated heterocycles. The van der Waals surface area contributed by atoms with Gasteiger partial charge in [0.2, 0.25) is 11.8 Å². The first-order valence-electron chi connectivity index (χ1n) is 14.6. The first kappa shape index (κ1) is 32.8. The first-order chi connectivity index (χ1) is 20.4. The molecule has 1 aliphatic carbocycles. The van der Waals surface area contributed by atoms with Gasteiger partial charge in [0.25, 0.3) is 10.0 Å². The van der Waals surface area contributed by atoms with Gasteiger partial charge in [0.15, 0.2) is 0 Å². The lowest BCUT2D eigenvalue weighted by atomic mass is 9.95. The number of halogens is 2. The largest absolute Gasteiger partial charge is 0.352 e. The van der Waals surface area contributed by atoms with Crippen LogP contribution in [0.4, 0.5) is 5.69 Å². The van der Waals surface area contributed by atoms with Crippen LogP contribution in [0.5, 0.6) is 0 Å². The van der Waals surface area contributed by atoms with Gasteiger partial charge in [0.1, 0.15) is 12.6 Å². The molecule has 1 aliphatic rings. The normalized spacial score (nSPS) is 14.7. The van der Waals surface area contributed by atoms with Crippen LogP contribution in [0.1, 0.15) is 61.3 Å². The van der Waals surface area contributed by atoms with Gasteiger partial charge < -0.3 is 10.2 Å². The Balaban J connectivity index is 1.72. The van der Waals surface area contributed by atoms with Crippen molar-refractivity contribution in [1.82, 2.24) is 10.2 Å². The summed E-state index contributed by atoms with van der Waals surface area (Å²) < 4.78 is 29.3. The lowest BCUT2D eigenvalue weighted by Gasteiger charge is -2.33. The summed E-state index contributed by atoms with van der Waals surface area (Å²) in [7, 11) is -4.15. The lowest BCUT2D eigenvalue weighted by molar-refractivity contribution is -0.139. The van der Waals surface area contributed by atoms with Gasteiger partial charge in [0.05, 0.1) is 10.6 Å². The number of sulfonamides is 1. The van der Waals surface area contributed by atoms with Crippen molar-refractivity contribution in [2.24, 2.45) is 0 Å². The summed E-state index contributed by atoms with van der Waals surface area (Å²) >= 11 is 12.6. The fourth-order valence-electron chi connectivity index (χ4n) is 5.42. The fraction of sp³-hybridized carbons (Fsp3) is 0.394. The second-order valence-electron chi connectivity index (χ2n) is 11.4. The third-order valence-electron chi connectivity index (χ3n) is 7.98. The van der Waals surface area contributed by atoms with Crippen LogP contribution in [0.3, 0.4) is 0 Å². The Bertz CT molecular complexity index is 1570. The summed E-state index contributed by atoms with van der Waals surface area (Å²) in [5.41, 5.74) is 3.57. The van der Waals surface area contributed by atoms with Crippen molar-refractivity contribution < 1.29 is 18.0 Å². The molecule has 3 aromatic rings. The third-order valence-corrected chi connectivity index (χ3v) is 10.3. The van der Waals surface area contributed by atoms with E-state index in [-0.39, 0.29) is 23.4 Å². The summed E-state index contributed by atoms with van der Waals surface area (Å²) in [5.74, 6) is -0.822. The fourth-order valence-corrected chi connectivity index (χ4v) is 7.37. The summed E-state index contributed by atoms with van der Waals surface area (Å²) in [6.07, 6.45) is 5.02. The number of hydrogen-bond donors (Lipinski definition) is 1. The predicted octanol–water partition coefficient (Wildman–Crippen LogP) is 6.98. The van der Waals surface area contributed by atoms with Crippen LogP contribution in [-0.2, 0) is 26.2 Å². The van der Waals surface area contributed by atoms with Gasteiger partial charge in [-0.15, -0.1) is 0 Å². The highest BCUT2D eigenvalue weighted by Gasteiger charge is 2.34. The molecule has 0 heterocycles. The Morgan fingerprint density at radius 3 is 2.19 bits per heavy atom. The van der Waals surface area contributed by atoms with Crippen molar-refractivity contribution in [1.29, 1.82) is 0 Å². The monoisotopic (exact) mass is 643 g/mol. The van der Waals surface area contributed by atoms with Gasteiger partial charge in [-0.3, -0.25) is 13.9 Å². The van der Waals surface area contributed by atoms with E-state index in [9.17, 15) is 18.0 Å². The zero-order valence-corrected chi connectivity index (χ0v) is 27.4. The summed E-state index contributed by atoms with van der Waals surface area (Å²) in [4.78, 5) is 29.2. The van der Waals surface area contributed by atoms with Crippen molar-refractivity contribution >= 4 is 50.7 Å². The molecular formula is C33H39Cl2N3O4S. The van der Waals surface area contributed by atoms with Gasteiger partial charge >= 0.3 is 0 Å². The van der Waals surface area contributed by atoms with E-state index in [1.165, 1.54) is 17.0 Å². The standard InChI is InChI=1S/C33H39Cl2N3O4S/c1-22-10-15-29(16-11-22)43(41,42)38(31-17-12-23(2)18-24(31)3)21-32(39)37(20-26-13-14-27(34)19-30(26)35)25(4)33(40)36-28-8-6-5-7-9-28/h10-19,25,28H,5-9,20-21H2,1-4H3,(H,36,40). The highest BCUT2D eigenvalue weighted by Crippen LogP contribution is 2.29. The van der Waals surface area contributed by atoms with Crippen molar-refractivity contribution in [3.05, 3.63) is 93.0 Å². The molecule has 1 N–H and O–H groups in total. The van der Waals surface area contributed by atoms with Crippen molar-refractivity contribution in [2.45, 2.75) is 83.3 Å². The minimum atomic E-state index is -4.15. The van der Waals surface area contributed by atoms with E-state index in [0.29, 0.717) is 26.9 Å². The average Bonchev–Trinajstić information content (AvgIpc) is 2.96. The number of carbonyl (C=O) groups excluding carboxylic acids is 2. The van der Waals surface area contributed by atoms with E-state index >= 15 is 0 Å². The lowest BCUT2D eigenvalue weighted by Crippen LogP contribution is -2.53. The second kappa shape index (κ2) is 14.1. The molecule has 1 atom stereocenters. The van der Waals surface area contributed by atoms with Gasteiger partial charge in [0, 0.05) is 22.6 Å². The van der Waals surface area contributed by atoms with E-state index in [4.69, 9.17) is 23.2 Å². The van der Waals surface area contributed by atoms with Crippen molar-refractivity contribution in [2.75, 3.05) is 10.8 Å². The number of rotatable bonds is 10. The maximum Gasteiger partial charge on any atom is 0.264 e. The topological polar surface area (TPSA) is 86.8 Å². The summed E-state index contributed by atoms with van der Waals surface area (Å²) in [5, 5.41) is 3.90. The molecule has 3 aromatic carbocycles. The number of nitrogens with zero attached hydrogens (tertiary/aromatic N) is 2. The number of benzene rings is 3. The number of hydrogen-bond acceptors (Lipinski definition) is 4. The Morgan fingerprint density at radius 1 is 0.907 bits per heavy atom. The van der Waals surface area contributed by atoms with Crippen LogP contribution in [0.15, 0.2) is 65.6 Å². The molecule has 0 radical (unpaired) electrons. The van der Waals surface area contributed by atoms with Crippen LogP contribution >= 0.6 is 23.2 Å². The van der Waals surface area contributed by atoms with Gasteiger partial charge in [-0.05, 0) is 82.0 Å². The molecule has 230 valence electrons.